The van der Waals surface area contributed by atoms with Crippen molar-refractivity contribution in [2.24, 2.45) is 0 Å². The number of nitrogens with one attached hydrogen (secondary N) is 2. The number of para-hydroxylation sites is 1. The number of thiocarbonyl (C=S) groups is 1. The zero-order chi connectivity index (χ0) is 16.3. The van der Waals surface area contributed by atoms with Crippen LogP contribution in [0.2, 0.25) is 0 Å². The number of halogens is 3. The summed E-state index contributed by atoms with van der Waals surface area (Å²) in [5, 5.41) is 5.64. The van der Waals surface area contributed by atoms with E-state index in [2.05, 4.69) is 10.6 Å². The first-order valence-electron chi connectivity index (χ1n) is 6.59. The Morgan fingerprint density at radius 3 is 2.23 bits per heavy atom. The number of rotatable bonds is 2. The van der Waals surface area contributed by atoms with E-state index in [9.17, 15) is 13.2 Å². The summed E-state index contributed by atoms with van der Waals surface area (Å²) in [5.74, 6) is 0. The smallest absolute Gasteiger partial charge is 0.332 e. The van der Waals surface area contributed by atoms with Crippen LogP contribution in [-0.2, 0) is 6.18 Å². The van der Waals surface area contributed by atoms with Crippen LogP contribution in [0.25, 0.3) is 0 Å². The molecule has 2 N–H and O–H groups in total. The highest BCUT2D eigenvalue weighted by Crippen LogP contribution is 2.34. The zero-order valence-corrected chi connectivity index (χ0v) is 12.9. The highest BCUT2D eigenvalue weighted by molar-refractivity contribution is 7.80. The SMILES string of the molecule is Cc1ccc(NC(=S)Nc2ccccc2C(F)(F)F)c(C)c1. The van der Waals surface area contributed by atoms with Crippen LogP contribution in [0, 0.1) is 13.8 Å². The first-order valence-corrected chi connectivity index (χ1v) is 6.99. The third-order valence-corrected chi connectivity index (χ3v) is 3.31. The van der Waals surface area contributed by atoms with Crippen LogP contribution >= 0.6 is 12.2 Å². The van der Waals surface area contributed by atoms with E-state index in [1.807, 2.05) is 32.0 Å². The average Bonchev–Trinajstić information content (AvgIpc) is 2.41. The van der Waals surface area contributed by atoms with Gasteiger partial charge in [-0.25, -0.2) is 0 Å². The fraction of sp³-hybridized carbons (Fsp3) is 0.188. The van der Waals surface area contributed by atoms with E-state index >= 15 is 0 Å². The lowest BCUT2D eigenvalue weighted by Crippen LogP contribution is -2.22. The van der Waals surface area contributed by atoms with Crippen LogP contribution in [0.4, 0.5) is 24.5 Å². The highest BCUT2D eigenvalue weighted by Gasteiger charge is 2.33. The van der Waals surface area contributed by atoms with Gasteiger partial charge in [0.05, 0.1) is 11.3 Å². The van der Waals surface area contributed by atoms with Crippen LogP contribution in [0.1, 0.15) is 16.7 Å². The van der Waals surface area contributed by atoms with Crippen molar-refractivity contribution < 1.29 is 13.2 Å². The third-order valence-electron chi connectivity index (χ3n) is 3.11. The lowest BCUT2D eigenvalue weighted by atomic mass is 10.1. The van der Waals surface area contributed by atoms with Gasteiger partial charge in [-0.3, -0.25) is 0 Å². The van der Waals surface area contributed by atoms with Crippen LogP contribution in [0.3, 0.4) is 0 Å². The Labute approximate surface area is 132 Å². The van der Waals surface area contributed by atoms with E-state index in [4.69, 9.17) is 12.2 Å². The van der Waals surface area contributed by atoms with E-state index in [-0.39, 0.29) is 10.8 Å². The monoisotopic (exact) mass is 324 g/mol. The van der Waals surface area contributed by atoms with Gasteiger partial charge in [-0.15, -0.1) is 0 Å². The molecule has 0 saturated heterocycles. The minimum Gasteiger partial charge on any atom is -0.332 e. The van der Waals surface area contributed by atoms with Gasteiger partial charge in [0.25, 0.3) is 0 Å². The molecule has 0 bridgehead atoms. The fourth-order valence-corrected chi connectivity index (χ4v) is 2.29. The van der Waals surface area contributed by atoms with Crippen LogP contribution in [-0.4, -0.2) is 5.11 Å². The molecule has 2 aromatic rings. The number of hydrogen-bond donors (Lipinski definition) is 2. The number of anilines is 2. The molecule has 0 aliphatic carbocycles. The van der Waals surface area contributed by atoms with Gasteiger partial charge in [0, 0.05) is 5.69 Å². The summed E-state index contributed by atoms with van der Waals surface area (Å²) in [4.78, 5) is 0. The molecule has 0 aliphatic heterocycles. The van der Waals surface area contributed by atoms with Gasteiger partial charge in [0.2, 0.25) is 0 Å². The molecule has 0 amide bonds. The van der Waals surface area contributed by atoms with Gasteiger partial charge in [0.1, 0.15) is 0 Å². The molecule has 0 heterocycles. The summed E-state index contributed by atoms with van der Waals surface area (Å²) < 4.78 is 38.8. The molecule has 2 rings (SSSR count). The quantitative estimate of drug-likeness (QED) is 0.749. The zero-order valence-electron chi connectivity index (χ0n) is 12.1. The molecule has 0 atom stereocenters. The Bertz CT molecular complexity index is 696. The van der Waals surface area contributed by atoms with Crippen molar-refractivity contribution in [1.29, 1.82) is 0 Å². The lowest BCUT2D eigenvalue weighted by molar-refractivity contribution is -0.136. The summed E-state index contributed by atoms with van der Waals surface area (Å²) in [6, 6.07) is 10.9. The lowest BCUT2D eigenvalue weighted by Gasteiger charge is -2.16. The fourth-order valence-electron chi connectivity index (χ4n) is 2.07. The molecule has 2 nitrogen and oxygen atoms in total. The normalized spacial score (nSPS) is 11.1. The molecule has 0 unspecified atom stereocenters. The van der Waals surface area contributed by atoms with E-state index in [1.165, 1.54) is 18.2 Å². The molecule has 0 fully saturated rings. The van der Waals surface area contributed by atoms with Crippen molar-refractivity contribution in [3.63, 3.8) is 0 Å². The second-order valence-electron chi connectivity index (χ2n) is 4.94. The third kappa shape index (κ3) is 3.98. The molecule has 0 radical (unpaired) electrons. The first-order chi connectivity index (χ1) is 10.3. The van der Waals surface area contributed by atoms with Gasteiger partial charge in [0.15, 0.2) is 5.11 Å². The van der Waals surface area contributed by atoms with Gasteiger partial charge in [-0.2, -0.15) is 13.2 Å². The first kappa shape index (κ1) is 16.3. The Morgan fingerprint density at radius 1 is 0.955 bits per heavy atom. The molecule has 22 heavy (non-hydrogen) atoms. The Morgan fingerprint density at radius 2 is 1.59 bits per heavy atom. The van der Waals surface area contributed by atoms with Crippen molar-refractivity contribution in [1.82, 2.24) is 0 Å². The average molecular weight is 324 g/mol. The van der Waals surface area contributed by atoms with Crippen molar-refractivity contribution >= 4 is 28.7 Å². The van der Waals surface area contributed by atoms with Crippen molar-refractivity contribution in [3.8, 4) is 0 Å². The van der Waals surface area contributed by atoms with Crippen molar-refractivity contribution in [2.75, 3.05) is 10.6 Å². The molecule has 116 valence electrons. The minimum absolute atomic E-state index is 0.0720. The summed E-state index contributed by atoms with van der Waals surface area (Å²) in [6.45, 7) is 3.87. The largest absolute Gasteiger partial charge is 0.418 e. The topological polar surface area (TPSA) is 24.1 Å². The summed E-state index contributed by atoms with van der Waals surface area (Å²) in [5.41, 5.74) is 2.00. The summed E-state index contributed by atoms with van der Waals surface area (Å²) in [6.07, 6.45) is -4.43. The maximum absolute atomic E-state index is 12.9. The number of benzene rings is 2. The molecule has 0 spiro atoms. The predicted octanol–water partition coefficient (Wildman–Crippen LogP) is 5.13. The van der Waals surface area contributed by atoms with E-state index < -0.39 is 11.7 Å². The number of aryl methyl sites for hydroxylation is 2. The molecule has 0 aromatic heterocycles. The Hall–Kier alpha value is -2.08. The second-order valence-corrected chi connectivity index (χ2v) is 5.35. The summed E-state index contributed by atoms with van der Waals surface area (Å²) >= 11 is 5.10. The number of alkyl halides is 3. The van der Waals surface area contributed by atoms with Gasteiger partial charge >= 0.3 is 6.18 Å². The molecular formula is C16H15F3N2S. The van der Waals surface area contributed by atoms with Gasteiger partial charge < -0.3 is 10.6 Å². The molecule has 2 aromatic carbocycles. The van der Waals surface area contributed by atoms with Gasteiger partial charge in [-0.05, 0) is 49.8 Å². The predicted molar refractivity (Wildman–Crippen MR) is 87.2 cm³/mol. The minimum atomic E-state index is -4.43. The molecular weight excluding hydrogens is 309 g/mol. The van der Waals surface area contributed by atoms with Crippen molar-refractivity contribution in [2.45, 2.75) is 20.0 Å². The molecule has 6 heteroatoms. The van der Waals surface area contributed by atoms with E-state index in [0.29, 0.717) is 0 Å². The van der Waals surface area contributed by atoms with Crippen LogP contribution in [0.5, 0.6) is 0 Å². The van der Waals surface area contributed by atoms with Gasteiger partial charge in [-0.1, -0.05) is 29.8 Å². The Kier molecular flexibility index (Phi) is 4.71. The summed E-state index contributed by atoms with van der Waals surface area (Å²) in [7, 11) is 0. The molecule has 0 aliphatic rings. The standard InChI is InChI=1S/C16H15F3N2S/c1-10-7-8-13(11(2)9-10)20-15(22)21-14-6-4-3-5-12(14)16(17,18)19/h3-9H,1-2H3,(H2,20,21,22). The van der Waals surface area contributed by atoms with E-state index in [0.717, 1.165) is 22.9 Å². The van der Waals surface area contributed by atoms with Crippen LogP contribution in [0.15, 0.2) is 42.5 Å². The highest BCUT2D eigenvalue weighted by atomic mass is 32.1. The van der Waals surface area contributed by atoms with Crippen molar-refractivity contribution in [3.05, 3.63) is 59.2 Å². The number of hydrogen-bond acceptors (Lipinski definition) is 1. The maximum atomic E-state index is 12.9. The van der Waals surface area contributed by atoms with E-state index in [1.54, 1.807) is 0 Å². The maximum Gasteiger partial charge on any atom is 0.418 e. The Balaban J connectivity index is 2.16. The molecule has 0 saturated carbocycles. The second kappa shape index (κ2) is 6.36. The van der Waals surface area contributed by atoms with Crippen LogP contribution < -0.4 is 10.6 Å².